The number of hydrogen-bond acceptors (Lipinski definition) is 4. The van der Waals surface area contributed by atoms with Gasteiger partial charge >= 0.3 is 0 Å². The third-order valence-electron chi connectivity index (χ3n) is 17.2. The molecule has 3 heterocycles. The fourth-order valence-electron chi connectivity index (χ4n) is 14.2. The molecule has 78 heavy (non-hydrogen) atoms. The van der Waals surface area contributed by atoms with Gasteiger partial charge in [0.05, 0.1) is 22.2 Å². The van der Waals surface area contributed by atoms with Crippen LogP contribution >= 0.6 is 0 Å². The Balaban J connectivity index is 0.921. The Bertz CT molecular complexity index is 4570. The van der Waals surface area contributed by atoms with Crippen LogP contribution in [0.25, 0.3) is 66.4 Å². The maximum Gasteiger partial charge on any atom is 0.136 e. The molecule has 1 aromatic heterocycles. The van der Waals surface area contributed by atoms with Gasteiger partial charge in [-0.3, -0.25) is 0 Å². The molecule has 0 bridgehead atoms. The van der Waals surface area contributed by atoms with Gasteiger partial charge < -0.3 is 18.8 Å². The number of para-hydroxylation sites is 6. The van der Waals surface area contributed by atoms with Gasteiger partial charge in [-0.15, -0.1) is 0 Å². The van der Waals surface area contributed by atoms with E-state index in [4.69, 9.17) is 13.9 Å². The van der Waals surface area contributed by atoms with Crippen LogP contribution in [0, 0.1) is 0 Å². The molecular formula is C74H45NO3. The first-order valence-electron chi connectivity index (χ1n) is 26.8. The van der Waals surface area contributed by atoms with E-state index < -0.39 is 10.8 Å². The fourth-order valence-corrected chi connectivity index (χ4v) is 14.2. The minimum Gasteiger partial charge on any atom is -0.457 e. The summed E-state index contributed by atoms with van der Waals surface area (Å²) in [5, 5.41) is 2.23. The molecule has 13 aromatic rings. The van der Waals surface area contributed by atoms with Gasteiger partial charge in [0.25, 0.3) is 0 Å². The summed E-state index contributed by atoms with van der Waals surface area (Å²) in [7, 11) is 0. The minimum atomic E-state index is -0.645. The minimum absolute atomic E-state index is 0.615. The molecule has 0 atom stereocenters. The molecule has 0 N–H and O–H groups in total. The first-order chi connectivity index (χ1) is 38.7. The summed E-state index contributed by atoms with van der Waals surface area (Å²) in [5.74, 6) is 3.49. The standard InChI is InChI=1S/C74H45NO3/c1-5-24-55-51(20-1)52-44-41-47(45-62(52)74(55)59-28-9-15-36-68(59)78-69-37-16-10-29-60(69)74)49-19-3-11-31-63(49)75(48-42-39-46(40-43-48)50-23-17-38-70-71(50)54-22-4-12-33-65(54)76-70)64-32-18-30-61-72(64)53-21-2-6-25-56(53)73(61)57-26-7-13-34-66(57)77-67-35-14-8-27-58(67)73/h1-45H. The van der Waals surface area contributed by atoms with Gasteiger partial charge in [0.15, 0.2) is 0 Å². The molecular weight excluding hydrogens is 951 g/mol. The largest absolute Gasteiger partial charge is 0.457 e. The second-order valence-corrected chi connectivity index (χ2v) is 20.9. The molecule has 0 fully saturated rings. The lowest BCUT2D eigenvalue weighted by Gasteiger charge is -2.39. The van der Waals surface area contributed by atoms with Gasteiger partial charge in [-0.2, -0.15) is 0 Å². The van der Waals surface area contributed by atoms with Crippen LogP contribution < -0.4 is 14.4 Å². The van der Waals surface area contributed by atoms with E-state index in [0.717, 1.165) is 107 Å². The zero-order valence-electron chi connectivity index (χ0n) is 42.2. The van der Waals surface area contributed by atoms with E-state index in [1.165, 1.54) is 44.5 Å². The van der Waals surface area contributed by atoms with Crippen LogP contribution in [0.2, 0.25) is 0 Å². The van der Waals surface area contributed by atoms with Gasteiger partial charge in [-0.05, 0) is 122 Å². The highest BCUT2D eigenvalue weighted by Crippen LogP contribution is 2.66. The van der Waals surface area contributed by atoms with Gasteiger partial charge in [0.1, 0.15) is 34.2 Å². The second kappa shape index (κ2) is 16.2. The lowest BCUT2D eigenvalue weighted by Crippen LogP contribution is -2.32. The number of rotatable bonds is 5. The molecule has 4 aliphatic rings. The van der Waals surface area contributed by atoms with Crippen molar-refractivity contribution in [1.29, 1.82) is 0 Å². The van der Waals surface area contributed by atoms with Crippen LogP contribution in [-0.4, -0.2) is 0 Å². The number of fused-ring (bicyclic) bond motifs is 21. The zero-order valence-corrected chi connectivity index (χ0v) is 42.2. The normalized spacial score (nSPS) is 14.1. The number of hydrogen-bond donors (Lipinski definition) is 0. The van der Waals surface area contributed by atoms with Crippen molar-refractivity contribution < 1.29 is 13.9 Å². The van der Waals surface area contributed by atoms with Gasteiger partial charge in [0.2, 0.25) is 0 Å². The average Bonchev–Trinajstić information content (AvgIpc) is 4.32. The third-order valence-corrected chi connectivity index (χ3v) is 17.2. The Hall–Kier alpha value is -10.2. The molecule has 12 aromatic carbocycles. The summed E-state index contributed by atoms with van der Waals surface area (Å²) in [6, 6.07) is 99.3. The average molecular weight is 996 g/mol. The van der Waals surface area contributed by atoms with Crippen LogP contribution in [0.5, 0.6) is 23.0 Å². The Morgan fingerprint density at radius 2 is 0.731 bits per heavy atom. The van der Waals surface area contributed by atoms with Crippen LogP contribution in [0.1, 0.15) is 44.5 Å². The van der Waals surface area contributed by atoms with Crippen molar-refractivity contribution in [3.63, 3.8) is 0 Å². The van der Waals surface area contributed by atoms with Crippen molar-refractivity contribution in [3.8, 4) is 67.5 Å². The quantitative estimate of drug-likeness (QED) is 0.172. The second-order valence-electron chi connectivity index (χ2n) is 20.9. The number of furan rings is 1. The molecule has 2 spiro atoms. The molecule has 0 radical (unpaired) electrons. The van der Waals surface area contributed by atoms with E-state index in [9.17, 15) is 0 Å². The molecule has 0 amide bonds. The predicted molar refractivity (Wildman–Crippen MR) is 314 cm³/mol. The van der Waals surface area contributed by atoms with Gasteiger partial charge in [0, 0.05) is 49.8 Å². The molecule has 4 nitrogen and oxygen atoms in total. The maximum atomic E-state index is 6.78. The maximum absolute atomic E-state index is 6.78. The lowest BCUT2D eigenvalue weighted by atomic mass is 9.66. The van der Waals surface area contributed by atoms with E-state index in [2.05, 4.69) is 272 Å². The Labute approximate surface area is 451 Å². The molecule has 0 saturated carbocycles. The zero-order chi connectivity index (χ0) is 51.1. The third kappa shape index (κ3) is 5.68. The van der Waals surface area contributed by atoms with Crippen molar-refractivity contribution in [3.05, 3.63) is 317 Å². The molecule has 2 aliphatic heterocycles. The van der Waals surface area contributed by atoms with Gasteiger partial charge in [-0.25, -0.2) is 0 Å². The van der Waals surface area contributed by atoms with Crippen LogP contribution in [0.3, 0.4) is 0 Å². The fraction of sp³-hybridized carbons (Fsp3) is 0.0270. The van der Waals surface area contributed by atoms with Crippen molar-refractivity contribution in [2.24, 2.45) is 0 Å². The van der Waals surface area contributed by atoms with Crippen molar-refractivity contribution >= 4 is 39.0 Å². The lowest BCUT2D eigenvalue weighted by molar-refractivity contribution is 0.436. The van der Waals surface area contributed by atoms with Gasteiger partial charge in [-0.1, -0.05) is 206 Å². The van der Waals surface area contributed by atoms with E-state index in [1.54, 1.807) is 0 Å². The summed E-state index contributed by atoms with van der Waals surface area (Å²) in [6.45, 7) is 0. The molecule has 0 saturated heterocycles. The SMILES string of the molecule is c1ccc2c(c1)Oc1ccccc1C21c2ccccc2-c2ccc(-c3ccccc3N(c3ccc(-c4cccc5oc6ccccc6c45)cc3)c3cccc4c3-c3ccccc3C43c4ccccc4Oc4ccccc43)cc21. The predicted octanol–water partition coefficient (Wildman–Crippen LogP) is 19.3. The van der Waals surface area contributed by atoms with Crippen molar-refractivity contribution in [2.75, 3.05) is 4.90 Å². The highest BCUT2D eigenvalue weighted by Gasteiger charge is 2.53. The van der Waals surface area contributed by atoms with Crippen LogP contribution in [0.15, 0.2) is 277 Å². The highest BCUT2D eigenvalue weighted by atomic mass is 16.5. The molecule has 0 unspecified atom stereocenters. The monoisotopic (exact) mass is 995 g/mol. The first kappa shape index (κ1) is 43.1. The van der Waals surface area contributed by atoms with E-state index in [0.29, 0.717) is 0 Å². The summed E-state index contributed by atoms with van der Waals surface area (Å²) in [4.78, 5) is 2.51. The summed E-state index contributed by atoms with van der Waals surface area (Å²) < 4.78 is 19.9. The topological polar surface area (TPSA) is 34.8 Å². The van der Waals surface area contributed by atoms with E-state index in [-0.39, 0.29) is 0 Å². The molecule has 2 aliphatic carbocycles. The first-order valence-corrected chi connectivity index (χ1v) is 26.8. The number of anilines is 3. The molecule has 17 rings (SSSR count). The highest BCUT2D eigenvalue weighted by molar-refractivity contribution is 6.12. The van der Waals surface area contributed by atoms with Crippen molar-refractivity contribution in [1.82, 2.24) is 0 Å². The summed E-state index contributed by atoms with van der Waals surface area (Å²) in [6.07, 6.45) is 0. The number of ether oxygens (including phenoxy) is 2. The van der Waals surface area contributed by atoms with Crippen LogP contribution in [0.4, 0.5) is 17.1 Å². The Kier molecular flexibility index (Phi) is 8.94. The van der Waals surface area contributed by atoms with Crippen LogP contribution in [-0.2, 0) is 10.8 Å². The summed E-state index contributed by atoms with van der Waals surface area (Å²) in [5.41, 5.74) is 22.5. The summed E-state index contributed by atoms with van der Waals surface area (Å²) >= 11 is 0. The number of nitrogens with zero attached hydrogens (tertiary/aromatic N) is 1. The Morgan fingerprint density at radius 3 is 1.40 bits per heavy atom. The molecule has 4 heteroatoms. The smallest absolute Gasteiger partial charge is 0.136 e. The Morgan fingerprint density at radius 1 is 0.282 bits per heavy atom. The van der Waals surface area contributed by atoms with Crippen molar-refractivity contribution in [2.45, 2.75) is 10.8 Å². The van der Waals surface area contributed by atoms with E-state index in [1.807, 2.05) is 6.07 Å². The molecule has 364 valence electrons. The van der Waals surface area contributed by atoms with E-state index >= 15 is 0 Å². The number of benzene rings is 12.